The minimum Gasteiger partial charge on any atom is -0.484 e. The summed E-state index contributed by atoms with van der Waals surface area (Å²) in [5.74, 6) is -4.05. The second-order valence-electron chi connectivity index (χ2n) is 9.39. The summed E-state index contributed by atoms with van der Waals surface area (Å²) in [7, 11) is 0. The summed E-state index contributed by atoms with van der Waals surface area (Å²) in [6, 6.07) is 7.73. The Morgan fingerprint density at radius 2 is 1.85 bits per heavy atom. The molecule has 210 valence electrons. The maximum Gasteiger partial charge on any atom is 0.305 e. The molecule has 0 aliphatic carbocycles. The fraction of sp³-hybridized carbons (Fsp3) is 0.370. The van der Waals surface area contributed by atoms with Gasteiger partial charge in [0.1, 0.15) is 30.5 Å². The van der Waals surface area contributed by atoms with Crippen molar-refractivity contribution in [3.05, 3.63) is 60.4 Å². The van der Waals surface area contributed by atoms with Crippen molar-refractivity contribution in [3.63, 3.8) is 0 Å². The number of rotatable bonds is 10. The highest BCUT2D eigenvalue weighted by atomic mass is 16.5. The number of aliphatic carboxylic acids is 1. The number of carboxylic acids is 1. The van der Waals surface area contributed by atoms with E-state index in [4.69, 9.17) is 4.74 Å². The highest BCUT2D eigenvalue weighted by molar-refractivity contribution is 6.00. The molecule has 2 fully saturated rings. The first kappa shape index (κ1) is 28.2. The van der Waals surface area contributed by atoms with Crippen molar-refractivity contribution in [2.75, 3.05) is 13.2 Å². The lowest BCUT2D eigenvalue weighted by Gasteiger charge is -2.43. The number of carbonyl (C=O) groups is 6. The molecule has 1 aromatic carbocycles. The number of ether oxygens (including phenoxy) is 1. The molecule has 0 saturated carbocycles. The number of hydrazine groups is 1. The standard InChI is InChI=1S/C27H29N5O8/c33-22(16-40-18-8-4-12-28-15-18)20(14-24(35)36)30-26(38)21-9-5-13-31-23(34)11-10-19(27(39)32(21)31)29-25(37)17-6-2-1-3-7-17/h1-4,6-8,12,15,19-21H,5,9-11,13-14,16H2,(H,29,37)(H,30,38)(H,35,36)/t19-,20-,21-/m0/s1. The minimum absolute atomic E-state index is 0.0257. The second kappa shape index (κ2) is 12.8. The Balaban J connectivity index is 1.50. The minimum atomic E-state index is -1.44. The molecular formula is C27H29N5O8. The van der Waals surface area contributed by atoms with Gasteiger partial charge in [-0.2, -0.15) is 0 Å². The SMILES string of the molecule is O=C(O)C[C@H](NC(=O)[C@@H]1CCCN2C(=O)CC[C@H](NC(=O)c3ccccc3)C(=O)N12)C(=O)COc1cccnc1. The molecule has 13 heteroatoms. The van der Waals surface area contributed by atoms with Gasteiger partial charge in [-0.15, -0.1) is 0 Å². The summed E-state index contributed by atoms with van der Waals surface area (Å²) in [6.45, 7) is -0.320. The number of hydrogen-bond donors (Lipinski definition) is 3. The molecule has 3 N–H and O–H groups in total. The van der Waals surface area contributed by atoms with Crippen LogP contribution in [0.4, 0.5) is 0 Å². The highest BCUT2D eigenvalue weighted by Gasteiger charge is 2.45. The average Bonchev–Trinajstić information content (AvgIpc) is 3.08. The maximum absolute atomic E-state index is 13.6. The van der Waals surface area contributed by atoms with Crippen molar-refractivity contribution >= 4 is 35.4 Å². The van der Waals surface area contributed by atoms with Gasteiger partial charge in [0.15, 0.2) is 5.78 Å². The van der Waals surface area contributed by atoms with E-state index in [1.807, 2.05) is 0 Å². The van der Waals surface area contributed by atoms with Crippen LogP contribution in [0.1, 0.15) is 42.5 Å². The molecule has 2 aliphatic rings. The summed E-state index contributed by atoms with van der Waals surface area (Å²) in [6.07, 6.45) is 2.77. The number of carbonyl (C=O) groups excluding carboxylic acids is 5. The molecule has 1 aromatic heterocycles. The highest BCUT2D eigenvalue weighted by Crippen LogP contribution is 2.25. The quantitative estimate of drug-likeness (QED) is 0.375. The topological polar surface area (TPSA) is 175 Å². The first-order chi connectivity index (χ1) is 19.2. The van der Waals surface area contributed by atoms with Gasteiger partial charge in [-0.05, 0) is 43.5 Å². The Morgan fingerprint density at radius 1 is 1.07 bits per heavy atom. The van der Waals surface area contributed by atoms with Gasteiger partial charge in [-0.3, -0.25) is 38.8 Å². The number of amides is 4. The lowest BCUT2D eigenvalue weighted by Crippen LogP contribution is -2.64. The van der Waals surface area contributed by atoms with Gasteiger partial charge >= 0.3 is 5.97 Å². The number of carboxylic acid groups (broad SMARTS) is 1. The Bertz CT molecular complexity index is 1270. The first-order valence-corrected chi connectivity index (χ1v) is 12.8. The predicted molar refractivity (Wildman–Crippen MR) is 137 cm³/mol. The van der Waals surface area contributed by atoms with Crippen LogP contribution in [0.2, 0.25) is 0 Å². The van der Waals surface area contributed by atoms with Gasteiger partial charge in [0.05, 0.1) is 12.6 Å². The molecule has 2 saturated heterocycles. The van der Waals surface area contributed by atoms with E-state index in [0.717, 1.165) is 5.01 Å². The van der Waals surface area contributed by atoms with Crippen LogP contribution in [-0.2, 0) is 24.0 Å². The van der Waals surface area contributed by atoms with Gasteiger partial charge in [-0.1, -0.05) is 18.2 Å². The van der Waals surface area contributed by atoms with Gasteiger partial charge < -0.3 is 20.5 Å². The van der Waals surface area contributed by atoms with Gasteiger partial charge in [-0.25, -0.2) is 5.01 Å². The molecule has 0 unspecified atom stereocenters. The number of aromatic nitrogens is 1. The van der Waals surface area contributed by atoms with E-state index < -0.39 is 60.6 Å². The van der Waals surface area contributed by atoms with E-state index in [1.54, 1.807) is 42.5 Å². The third kappa shape index (κ3) is 6.79. The number of hydrogen-bond acceptors (Lipinski definition) is 8. The van der Waals surface area contributed by atoms with E-state index >= 15 is 0 Å². The van der Waals surface area contributed by atoms with E-state index in [0.29, 0.717) is 12.0 Å². The normalized spacial score (nSPS) is 19.6. The van der Waals surface area contributed by atoms with Crippen LogP contribution in [0.25, 0.3) is 0 Å². The van der Waals surface area contributed by atoms with E-state index in [2.05, 4.69) is 15.6 Å². The van der Waals surface area contributed by atoms with Crippen LogP contribution in [-0.4, -0.2) is 86.8 Å². The largest absolute Gasteiger partial charge is 0.484 e. The van der Waals surface area contributed by atoms with Crippen LogP contribution in [0.5, 0.6) is 5.75 Å². The van der Waals surface area contributed by atoms with E-state index in [1.165, 1.54) is 17.4 Å². The van der Waals surface area contributed by atoms with Crippen molar-refractivity contribution in [1.29, 1.82) is 0 Å². The second-order valence-corrected chi connectivity index (χ2v) is 9.39. The average molecular weight is 552 g/mol. The molecule has 2 aliphatic heterocycles. The molecule has 2 aromatic rings. The fourth-order valence-electron chi connectivity index (χ4n) is 4.61. The van der Waals surface area contributed by atoms with Gasteiger partial charge in [0, 0.05) is 24.7 Å². The van der Waals surface area contributed by atoms with Crippen LogP contribution in [0.15, 0.2) is 54.9 Å². The Labute approximate surface area is 229 Å². The number of fused-ring (bicyclic) bond motifs is 1. The van der Waals surface area contributed by atoms with E-state index in [-0.39, 0.29) is 37.5 Å². The molecule has 0 spiro atoms. The van der Waals surface area contributed by atoms with Crippen LogP contribution in [0.3, 0.4) is 0 Å². The summed E-state index contributed by atoms with van der Waals surface area (Å²) in [5, 5.41) is 16.7. The smallest absolute Gasteiger partial charge is 0.305 e. The molecule has 0 bridgehead atoms. The third-order valence-electron chi connectivity index (χ3n) is 6.60. The number of pyridine rings is 1. The number of nitrogens with zero attached hydrogens (tertiary/aromatic N) is 3. The van der Waals surface area contributed by atoms with Crippen molar-refractivity contribution in [3.8, 4) is 5.75 Å². The number of benzene rings is 1. The van der Waals surface area contributed by atoms with Crippen LogP contribution in [0, 0.1) is 0 Å². The van der Waals surface area contributed by atoms with Gasteiger partial charge in [0.2, 0.25) is 11.8 Å². The number of ketones is 1. The molecule has 4 amide bonds. The van der Waals surface area contributed by atoms with Crippen molar-refractivity contribution in [1.82, 2.24) is 25.6 Å². The maximum atomic E-state index is 13.6. The Hall–Kier alpha value is -4.81. The molecule has 0 radical (unpaired) electrons. The van der Waals surface area contributed by atoms with Gasteiger partial charge in [0.25, 0.3) is 11.8 Å². The Kier molecular flexibility index (Phi) is 9.04. The lowest BCUT2D eigenvalue weighted by molar-refractivity contribution is -0.176. The molecule has 4 rings (SSSR count). The third-order valence-corrected chi connectivity index (χ3v) is 6.60. The summed E-state index contributed by atoms with van der Waals surface area (Å²) in [4.78, 5) is 80.8. The summed E-state index contributed by atoms with van der Waals surface area (Å²) in [5.41, 5.74) is 0.333. The first-order valence-electron chi connectivity index (χ1n) is 12.8. The molecular weight excluding hydrogens is 522 g/mol. The predicted octanol–water partition coefficient (Wildman–Crippen LogP) is 0.316. The van der Waals surface area contributed by atoms with Crippen LogP contribution < -0.4 is 15.4 Å². The molecule has 3 atom stereocenters. The zero-order valence-electron chi connectivity index (χ0n) is 21.5. The van der Waals surface area contributed by atoms with E-state index in [9.17, 15) is 33.9 Å². The molecule has 13 nitrogen and oxygen atoms in total. The fourth-order valence-corrected chi connectivity index (χ4v) is 4.61. The van der Waals surface area contributed by atoms with Crippen molar-refractivity contribution < 1.29 is 38.6 Å². The van der Waals surface area contributed by atoms with Crippen molar-refractivity contribution in [2.24, 2.45) is 0 Å². The molecule has 40 heavy (non-hydrogen) atoms. The van der Waals surface area contributed by atoms with Crippen molar-refractivity contribution in [2.45, 2.75) is 50.2 Å². The number of Topliss-reactive ketones (excluding diaryl/α,β-unsaturated/α-hetero) is 1. The monoisotopic (exact) mass is 551 g/mol. The summed E-state index contributed by atoms with van der Waals surface area (Å²) >= 11 is 0. The lowest BCUT2D eigenvalue weighted by atomic mass is 10.0. The zero-order valence-corrected chi connectivity index (χ0v) is 21.5. The van der Waals surface area contributed by atoms with Crippen LogP contribution >= 0.6 is 0 Å². The molecule has 3 heterocycles. The zero-order chi connectivity index (χ0) is 28.6. The Morgan fingerprint density at radius 3 is 2.55 bits per heavy atom. The summed E-state index contributed by atoms with van der Waals surface area (Å²) < 4.78 is 5.36. The number of nitrogens with one attached hydrogen (secondary N) is 2.